The number of hydrogen-bond donors (Lipinski definition) is 2. The zero-order valence-corrected chi connectivity index (χ0v) is 17.6. The van der Waals surface area contributed by atoms with Gasteiger partial charge in [0.25, 0.3) is 0 Å². The van der Waals surface area contributed by atoms with Crippen LogP contribution in [0.4, 0.5) is 10.5 Å². The Labute approximate surface area is 170 Å². The molecule has 0 unspecified atom stereocenters. The molecule has 1 aliphatic rings. The number of carbonyl (C=O) groups is 1. The minimum Gasteiger partial charge on any atom is -0.491 e. The number of carbonyl (C=O) groups excluding carboxylic acids is 1. The van der Waals surface area contributed by atoms with E-state index in [0.717, 1.165) is 19.4 Å². The minimum atomic E-state index is -0.399. The van der Waals surface area contributed by atoms with Gasteiger partial charge in [0.1, 0.15) is 5.75 Å². The second-order valence-electron chi connectivity index (χ2n) is 7.79. The molecule has 0 radical (unpaired) electrons. The summed E-state index contributed by atoms with van der Waals surface area (Å²) in [4.78, 5) is 13.7. The second-order valence-corrected chi connectivity index (χ2v) is 7.79. The molecule has 0 spiro atoms. The molecule has 1 amide bonds. The van der Waals surface area contributed by atoms with Crippen molar-refractivity contribution in [1.82, 2.24) is 0 Å². The van der Waals surface area contributed by atoms with Gasteiger partial charge in [-0.3, -0.25) is 5.32 Å². The maximum absolute atomic E-state index is 12.1. The molecule has 2 rings (SSSR count). The average molecular weight is 392 g/mol. The van der Waals surface area contributed by atoms with Crippen LogP contribution in [0.3, 0.4) is 0 Å². The van der Waals surface area contributed by atoms with E-state index in [2.05, 4.69) is 12.2 Å². The van der Waals surface area contributed by atoms with Gasteiger partial charge in [0, 0.05) is 6.42 Å². The van der Waals surface area contributed by atoms with Gasteiger partial charge in [-0.2, -0.15) is 0 Å². The molecular formula is C23H39N2O3+. The Morgan fingerprint density at radius 3 is 2.54 bits per heavy atom. The Balaban J connectivity index is 1.61. The van der Waals surface area contributed by atoms with E-state index in [1.165, 1.54) is 64.5 Å². The third-order valence-corrected chi connectivity index (χ3v) is 5.35. The zero-order chi connectivity index (χ0) is 19.9. The first-order chi connectivity index (χ1) is 13.8. The van der Waals surface area contributed by atoms with Crippen molar-refractivity contribution in [2.24, 2.45) is 0 Å². The fraction of sp³-hybridized carbons (Fsp3) is 0.696. The van der Waals surface area contributed by atoms with Crippen molar-refractivity contribution < 1.29 is 19.2 Å². The largest absolute Gasteiger partial charge is 0.491 e. The molecular weight excluding hydrogens is 352 g/mol. The maximum Gasteiger partial charge on any atom is 0.411 e. The van der Waals surface area contributed by atoms with Gasteiger partial charge in [-0.05, 0) is 37.8 Å². The molecule has 0 bridgehead atoms. The fourth-order valence-electron chi connectivity index (χ4n) is 3.70. The van der Waals surface area contributed by atoms with Crippen LogP contribution in [-0.2, 0) is 4.74 Å². The monoisotopic (exact) mass is 391 g/mol. The van der Waals surface area contributed by atoms with E-state index < -0.39 is 6.09 Å². The molecule has 158 valence electrons. The number of amides is 1. The summed E-state index contributed by atoms with van der Waals surface area (Å²) < 4.78 is 11.2. The highest BCUT2D eigenvalue weighted by atomic mass is 16.5. The molecule has 1 fully saturated rings. The first kappa shape index (κ1) is 22.5. The number of likely N-dealkylation sites (tertiary alicyclic amines) is 1. The predicted molar refractivity (Wildman–Crippen MR) is 114 cm³/mol. The number of anilines is 1. The molecule has 5 heteroatoms. The predicted octanol–water partition coefficient (Wildman–Crippen LogP) is 4.43. The summed E-state index contributed by atoms with van der Waals surface area (Å²) in [6.45, 7) is 6.98. The van der Waals surface area contributed by atoms with Crippen LogP contribution in [0, 0.1) is 0 Å². The first-order valence-electron chi connectivity index (χ1n) is 11.3. The number of para-hydroxylation sites is 2. The van der Waals surface area contributed by atoms with Gasteiger partial charge in [0.15, 0.2) is 0 Å². The summed E-state index contributed by atoms with van der Waals surface area (Å²) in [5.74, 6) is 0.714. The van der Waals surface area contributed by atoms with E-state index in [4.69, 9.17) is 9.47 Å². The Hall–Kier alpha value is -1.75. The van der Waals surface area contributed by atoms with Gasteiger partial charge in [-0.1, -0.05) is 51.2 Å². The van der Waals surface area contributed by atoms with Crippen LogP contribution >= 0.6 is 0 Å². The molecule has 5 nitrogen and oxygen atoms in total. The van der Waals surface area contributed by atoms with Crippen LogP contribution in [0.25, 0.3) is 0 Å². The third-order valence-electron chi connectivity index (χ3n) is 5.35. The Morgan fingerprint density at radius 2 is 1.71 bits per heavy atom. The summed E-state index contributed by atoms with van der Waals surface area (Å²) in [7, 11) is 0. The van der Waals surface area contributed by atoms with Crippen molar-refractivity contribution in [3.05, 3.63) is 24.3 Å². The lowest BCUT2D eigenvalue weighted by atomic mass is 10.1. The van der Waals surface area contributed by atoms with Crippen molar-refractivity contribution in [2.75, 3.05) is 38.2 Å². The number of unbranched alkanes of at least 4 members (excludes halogenated alkanes) is 5. The average Bonchev–Trinajstić information content (AvgIpc) is 2.72. The normalized spacial score (nSPS) is 14.6. The Bertz CT molecular complexity index is 544. The lowest BCUT2D eigenvalue weighted by Gasteiger charge is -2.23. The molecule has 2 N–H and O–H groups in total. The van der Waals surface area contributed by atoms with Crippen LogP contribution in [0.2, 0.25) is 0 Å². The highest BCUT2D eigenvalue weighted by molar-refractivity contribution is 5.86. The summed E-state index contributed by atoms with van der Waals surface area (Å²) in [6, 6.07) is 7.57. The lowest BCUT2D eigenvalue weighted by Crippen LogP contribution is -3.12. The fourth-order valence-corrected chi connectivity index (χ4v) is 3.70. The van der Waals surface area contributed by atoms with Gasteiger partial charge in [-0.25, -0.2) is 4.79 Å². The van der Waals surface area contributed by atoms with Crippen molar-refractivity contribution in [2.45, 2.75) is 71.1 Å². The summed E-state index contributed by atoms with van der Waals surface area (Å²) in [5, 5.41) is 2.82. The van der Waals surface area contributed by atoms with E-state index in [-0.39, 0.29) is 0 Å². The number of quaternary nitrogens is 1. The van der Waals surface area contributed by atoms with Crippen LogP contribution < -0.4 is 15.0 Å². The maximum atomic E-state index is 12.1. The number of nitrogens with one attached hydrogen (secondary N) is 2. The quantitative estimate of drug-likeness (QED) is 0.489. The second kappa shape index (κ2) is 14.3. The SMILES string of the molecule is CCCCCCCCOc1ccccc1NC(=O)OCCC[NH+]1CCCCC1. The number of benzene rings is 1. The third kappa shape index (κ3) is 9.45. The van der Waals surface area contributed by atoms with Crippen molar-refractivity contribution in [3.63, 3.8) is 0 Å². The van der Waals surface area contributed by atoms with E-state index in [9.17, 15) is 4.79 Å². The number of hydrogen-bond acceptors (Lipinski definition) is 3. The van der Waals surface area contributed by atoms with Crippen molar-refractivity contribution in [3.8, 4) is 5.75 Å². The molecule has 0 atom stereocenters. The number of piperidine rings is 1. The standard InChI is InChI=1S/C23H38N2O3/c1-2-3-4-5-6-12-19-27-22-15-9-8-14-21(22)24-23(26)28-20-13-18-25-16-10-7-11-17-25/h8-9,14-15H,2-7,10-13,16-20H2,1H3,(H,24,26)/p+1. The molecule has 1 saturated heterocycles. The van der Waals surface area contributed by atoms with E-state index in [0.29, 0.717) is 24.7 Å². The van der Waals surface area contributed by atoms with Crippen LogP contribution in [0.1, 0.15) is 71.1 Å². The van der Waals surface area contributed by atoms with Crippen LogP contribution in [0.5, 0.6) is 5.75 Å². The topological polar surface area (TPSA) is 52.0 Å². The van der Waals surface area contributed by atoms with Crippen LogP contribution in [-0.4, -0.2) is 38.9 Å². The minimum absolute atomic E-state index is 0.399. The summed E-state index contributed by atoms with van der Waals surface area (Å²) >= 11 is 0. The molecule has 0 aromatic heterocycles. The molecule has 1 aliphatic heterocycles. The molecule has 1 aromatic carbocycles. The van der Waals surface area contributed by atoms with E-state index in [1.54, 1.807) is 4.90 Å². The number of ether oxygens (including phenoxy) is 2. The Morgan fingerprint density at radius 1 is 0.964 bits per heavy atom. The van der Waals surface area contributed by atoms with Crippen molar-refractivity contribution >= 4 is 11.8 Å². The van der Waals surface area contributed by atoms with Gasteiger partial charge in [0.05, 0.1) is 38.5 Å². The zero-order valence-electron chi connectivity index (χ0n) is 17.6. The molecule has 0 aliphatic carbocycles. The molecule has 1 heterocycles. The van der Waals surface area contributed by atoms with E-state index in [1.807, 2.05) is 24.3 Å². The lowest BCUT2D eigenvalue weighted by molar-refractivity contribution is -0.905. The molecule has 0 saturated carbocycles. The Kier molecular flexibility index (Phi) is 11.5. The van der Waals surface area contributed by atoms with Gasteiger partial charge < -0.3 is 14.4 Å². The van der Waals surface area contributed by atoms with Crippen LogP contribution in [0.15, 0.2) is 24.3 Å². The highest BCUT2D eigenvalue weighted by Gasteiger charge is 2.13. The first-order valence-corrected chi connectivity index (χ1v) is 11.3. The number of rotatable bonds is 13. The summed E-state index contributed by atoms with van der Waals surface area (Å²) in [6.07, 6.45) is 11.9. The molecule has 1 aromatic rings. The highest BCUT2D eigenvalue weighted by Crippen LogP contribution is 2.24. The summed E-state index contributed by atoms with van der Waals surface area (Å²) in [5.41, 5.74) is 0.681. The van der Waals surface area contributed by atoms with Gasteiger partial charge in [-0.15, -0.1) is 0 Å². The van der Waals surface area contributed by atoms with Crippen molar-refractivity contribution in [1.29, 1.82) is 0 Å². The smallest absolute Gasteiger partial charge is 0.411 e. The van der Waals surface area contributed by atoms with Gasteiger partial charge in [0.2, 0.25) is 0 Å². The van der Waals surface area contributed by atoms with E-state index >= 15 is 0 Å². The van der Waals surface area contributed by atoms with Gasteiger partial charge >= 0.3 is 6.09 Å². The molecule has 28 heavy (non-hydrogen) atoms.